The lowest BCUT2D eigenvalue weighted by molar-refractivity contribution is -0.133. The summed E-state index contributed by atoms with van der Waals surface area (Å²) in [6.07, 6.45) is 3.30. The number of ketones is 1. The van der Waals surface area contributed by atoms with Gasteiger partial charge in [0.15, 0.2) is 5.78 Å². The number of carbonyl (C=O) groups excluding carboxylic acids is 1. The zero-order valence-electron chi connectivity index (χ0n) is 13.3. The number of carbonyl (C=O) groups is 2. The third-order valence-corrected chi connectivity index (χ3v) is 4.24. The summed E-state index contributed by atoms with van der Waals surface area (Å²) in [4.78, 5) is 22.9. The van der Waals surface area contributed by atoms with Crippen LogP contribution in [-0.4, -0.2) is 29.7 Å². The fraction of sp³-hybridized carbons (Fsp3) is 0.158. The van der Waals surface area contributed by atoms with Crippen molar-refractivity contribution in [1.82, 2.24) is 0 Å². The van der Waals surface area contributed by atoms with Crippen LogP contribution in [0.2, 0.25) is 0 Å². The molecular weight excluding hydrogens is 324 g/mol. The van der Waals surface area contributed by atoms with E-state index in [4.69, 9.17) is 9.84 Å². The van der Waals surface area contributed by atoms with Crippen LogP contribution >= 0.6 is 11.8 Å². The third-order valence-electron chi connectivity index (χ3n) is 3.27. The van der Waals surface area contributed by atoms with E-state index >= 15 is 0 Å². The first-order chi connectivity index (χ1) is 11.6. The van der Waals surface area contributed by atoms with E-state index in [0.29, 0.717) is 17.1 Å². The molecule has 0 aliphatic heterocycles. The Balaban J connectivity index is 2.13. The zero-order valence-corrected chi connectivity index (χ0v) is 14.1. The van der Waals surface area contributed by atoms with Crippen LogP contribution in [0.25, 0.3) is 6.08 Å². The van der Waals surface area contributed by atoms with Gasteiger partial charge in [-0.1, -0.05) is 36.4 Å². The summed E-state index contributed by atoms with van der Waals surface area (Å²) in [6.45, 7) is 0. The molecule has 0 spiro atoms. The number of ether oxygens (including phenoxy) is 1. The molecule has 2 aromatic rings. The van der Waals surface area contributed by atoms with E-state index < -0.39 is 5.97 Å². The maximum atomic E-state index is 12.3. The largest absolute Gasteiger partial charge is 0.496 e. The Morgan fingerprint density at radius 2 is 1.92 bits per heavy atom. The number of rotatable bonds is 8. The summed E-state index contributed by atoms with van der Waals surface area (Å²) >= 11 is 1.27. The van der Waals surface area contributed by atoms with E-state index in [1.165, 1.54) is 17.8 Å². The van der Waals surface area contributed by atoms with Gasteiger partial charge in [0, 0.05) is 16.9 Å². The number of benzene rings is 2. The molecule has 1 N–H and O–H groups in total. The maximum Gasteiger partial charge on any atom is 0.313 e. The van der Waals surface area contributed by atoms with Crippen LogP contribution < -0.4 is 4.74 Å². The molecule has 124 valence electrons. The number of hydrogen-bond acceptors (Lipinski definition) is 4. The molecule has 0 aliphatic carbocycles. The van der Waals surface area contributed by atoms with Crippen molar-refractivity contribution in [3.63, 3.8) is 0 Å². The number of carboxylic acid groups (broad SMARTS) is 1. The molecule has 0 saturated carbocycles. The van der Waals surface area contributed by atoms with Gasteiger partial charge in [-0.2, -0.15) is 0 Å². The first-order valence-corrected chi connectivity index (χ1v) is 8.49. The molecule has 24 heavy (non-hydrogen) atoms. The first-order valence-electron chi connectivity index (χ1n) is 7.34. The van der Waals surface area contributed by atoms with Gasteiger partial charge in [0.25, 0.3) is 0 Å². The average Bonchev–Trinajstić information content (AvgIpc) is 2.60. The highest BCUT2D eigenvalue weighted by Gasteiger charge is 2.09. The number of hydrogen-bond donors (Lipinski definition) is 1. The summed E-state index contributed by atoms with van der Waals surface area (Å²) in [5.74, 6) is 0.160. The summed E-state index contributed by atoms with van der Waals surface area (Å²) < 4.78 is 5.28. The molecule has 0 aliphatic rings. The van der Waals surface area contributed by atoms with E-state index in [1.807, 2.05) is 30.3 Å². The molecule has 0 saturated heterocycles. The minimum Gasteiger partial charge on any atom is -0.496 e. The van der Waals surface area contributed by atoms with Crippen LogP contribution in [0.5, 0.6) is 5.75 Å². The highest BCUT2D eigenvalue weighted by molar-refractivity contribution is 7.99. The smallest absolute Gasteiger partial charge is 0.313 e. The van der Waals surface area contributed by atoms with Gasteiger partial charge in [-0.05, 0) is 29.8 Å². The van der Waals surface area contributed by atoms with E-state index in [1.54, 1.807) is 31.4 Å². The van der Waals surface area contributed by atoms with E-state index in [2.05, 4.69) is 0 Å². The Morgan fingerprint density at radius 1 is 1.17 bits per heavy atom. The predicted octanol–water partition coefficient (Wildman–Crippen LogP) is 3.91. The minimum atomic E-state index is -0.864. The van der Waals surface area contributed by atoms with Crippen molar-refractivity contribution >= 4 is 29.6 Å². The maximum absolute atomic E-state index is 12.3. The van der Waals surface area contributed by atoms with Crippen LogP contribution in [0.15, 0.2) is 54.6 Å². The Morgan fingerprint density at radius 3 is 2.58 bits per heavy atom. The third kappa shape index (κ3) is 5.28. The fourth-order valence-electron chi connectivity index (χ4n) is 2.13. The zero-order chi connectivity index (χ0) is 17.4. The van der Waals surface area contributed by atoms with Gasteiger partial charge >= 0.3 is 5.97 Å². The Kier molecular flexibility index (Phi) is 6.63. The minimum absolute atomic E-state index is 0.00916. The van der Waals surface area contributed by atoms with Crippen molar-refractivity contribution in [1.29, 1.82) is 0 Å². The highest BCUT2D eigenvalue weighted by Crippen LogP contribution is 2.25. The molecule has 0 bridgehead atoms. The first kappa shape index (κ1) is 17.8. The number of methoxy groups -OCH3 is 1. The summed E-state index contributed by atoms with van der Waals surface area (Å²) in [7, 11) is 1.55. The second kappa shape index (κ2) is 8.93. The van der Waals surface area contributed by atoms with Crippen molar-refractivity contribution < 1.29 is 19.4 Å². The number of thioether (sulfide) groups is 1. The molecule has 0 unspecified atom stereocenters. The molecule has 5 heteroatoms. The average molecular weight is 342 g/mol. The highest BCUT2D eigenvalue weighted by atomic mass is 32.2. The normalized spacial score (nSPS) is 10.7. The summed E-state index contributed by atoms with van der Waals surface area (Å²) in [5.41, 5.74) is 2.31. The molecule has 0 aromatic heterocycles. The number of allylic oxidation sites excluding steroid dienone is 1. The second-order valence-electron chi connectivity index (χ2n) is 5.02. The van der Waals surface area contributed by atoms with E-state index in [0.717, 1.165) is 11.1 Å². The topological polar surface area (TPSA) is 63.6 Å². The molecule has 0 heterocycles. The predicted molar refractivity (Wildman–Crippen MR) is 96.6 cm³/mol. The lowest BCUT2D eigenvalue weighted by Crippen LogP contribution is -2.01. The van der Waals surface area contributed by atoms with Crippen LogP contribution in [0, 0.1) is 0 Å². The summed E-state index contributed by atoms with van der Waals surface area (Å²) in [6, 6.07) is 14.8. The fourth-order valence-corrected chi connectivity index (χ4v) is 2.85. The quantitative estimate of drug-likeness (QED) is 0.582. The molecular formula is C19H18O4S. The SMILES string of the molecule is COc1ccc(C(=O)/C=C/c2ccccc2)cc1CSCC(=O)O. The van der Waals surface area contributed by atoms with Gasteiger partial charge in [-0.3, -0.25) is 9.59 Å². The van der Waals surface area contributed by atoms with Gasteiger partial charge in [0.05, 0.1) is 12.9 Å². The van der Waals surface area contributed by atoms with Gasteiger partial charge in [-0.25, -0.2) is 0 Å². The van der Waals surface area contributed by atoms with Crippen LogP contribution in [0.3, 0.4) is 0 Å². The molecule has 0 amide bonds. The van der Waals surface area contributed by atoms with Gasteiger partial charge < -0.3 is 9.84 Å². The van der Waals surface area contributed by atoms with Crippen molar-refractivity contribution in [2.45, 2.75) is 5.75 Å². The van der Waals surface area contributed by atoms with Gasteiger partial charge in [0.2, 0.25) is 0 Å². The molecule has 4 nitrogen and oxygen atoms in total. The Bertz CT molecular complexity index is 738. The van der Waals surface area contributed by atoms with Gasteiger partial charge in [-0.15, -0.1) is 11.8 Å². The van der Waals surface area contributed by atoms with Crippen molar-refractivity contribution in [3.8, 4) is 5.75 Å². The van der Waals surface area contributed by atoms with Crippen LogP contribution in [0.4, 0.5) is 0 Å². The standard InChI is InChI=1S/C19H18O4S/c1-23-18-10-8-15(11-16(18)12-24-13-19(21)22)17(20)9-7-14-5-3-2-4-6-14/h2-11H,12-13H2,1H3,(H,21,22)/b9-7+. The van der Waals surface area contributed by atoms with Gasteiger partial charge in [0.1, 0.15) is 5.75 Å². The molecule has 2 aromatic carbocycles. The molecule has 2 rings (SSSR count). The van der Waals surface area contributed by atoms with E-state index in [-0.39, 0.29) is 11.5 Å². The van der Waals surface area contributed by atoms with Crippen molar-refractivity contribution in [2.24, 2.45) is 0 Å². The van der Waals surface area contributed by atoms with Crippen LogP contribution in [-0.2, 0) is 10.5 Å². The Labute approximate surface area is 145 Å². The molecule has 0 atom stereocenters. The lowest BCUT2D eigenvalue weighted by Gasteiger charge is -2.09. The number of carboxylic acids is 1. The van der Waals surface area contributed by atoms with E-state index in [9.17, 15) is 9.59 Å². The second-order valence-corrected chi connectivity index (χ2v) is 6.01. The Hall–Kier alpha value is -2.53. The van der Waals surface area contributed by atoms with Crippen molar-refractivity contribution in [2.75, 3.05) is 12.9 Å². The van der Waals surface area contributed by atoms with Crippen LogP contribution in [0.1, 0.15) is 21.5 Å². The molecule has 0 radical (unpaired) electrons. The number of aliphatic carboxylic acids is 1. The molecule has 0 fully saturated rings. The lowest BCUT2D eigenvalue weighted by atomic mass is 10.1. The summed E-state index contributed by atoms with van der Waals surface area (Å²) in [5, 5.41) is 8.72. The van der Waals surface area contributed by atoms with Crippen molar-refractivity contribution in [3.05, 3.63) is 71.3 Å². The monoisotopic (exact) mass is 342 g/mol.